The number of nitrogens with zero attached hydrogens (tertiary/aromatic N) is 6. The predicted molar refractivity (Wildman–Crippen MR) is 115 cm³/mol. The van der Waals surface area contributed by atoms with Gasteiger partial charge < -0.3 is 14.4 Å². The molecule has 0 radical (unpaired) electrons. The highest BCUT2D eigenvalue weighted by Gasteiger charge is 2.27. The molecule has 3 heterocycles. The molecule has 10 heteroatoms. The van der Waals surface area contributed by atoms with Gasteiger partial charge in [-0.15, -0.1) is 0 Å². The molecule has 9 nitrogen and oxygen atoms in total. The number of fused-ring (bicyclic) bond motifs is 1. The van der Waals surface area contributed by atoms with E-state index >= 15 is 0 Å². The third-order valence-electron chi connectivity index (χ3n) is 5.24. The summed E-state index contributed by atoms with van der Waals surface area (Å²) in [6.07, 6.45) is 2.03. The fraction of sp³-hybridized carbons (Fsp3) is 0.409. The summed E-state index contributed by atoms with van der Waals surface area (Å²) in [6.45, 7) is 11.7. The second-order valence-electron chi connectivity index (χ2n) is 7.86. The Morgan fingerprint density at radius 2 is 2.03 bits per heavy atom. The van der Waals surface area contributed by atoms with Crippen molar-refractivity contribution in [1.29, 1.82) is 0 Å². The molecular formula is C22H23FN6O3. The quantitative estimate of drug-likeness (QED) is 0.570. The molecule has 3 aromatic rings. The molecule has 1 aliphatic heterocycles. The van der Waals surface area contributed by atoms with Gasteiger partial charge in [-0.2, -0.15) is 10.1 Å². The normalized spacial score (nSPS) is 14.6. The summed E-state index contributed by atoms with van der Waals surface area (Å²) >= 11 is 0. The third-order valence-corrected chi connectivity index (χ3v) is 5.24. The number of benzene rings is 1. The highest BCUT2D eigenvalue weighted by molar-refractivity contribution is 5.92. The van der Waals surface area contributed by atoms with Gasteiger partial charge in [0.2, 0.25) is 5.88 Å². The first-order valence-electron chi connectivity index (χ1n) is 10.3. The lowest BCUT2D eigenvalue weighted by Crippen LogP contribution is -2.42. The summed E-state index contributed by atoms with van der Waals surface area (Å²) in [7, 11) is 1.72. The Morgan fingerprint density at radius 1 is 1.28 bits per heavy atom. The maximum absolute atomic E-state index is 14.6. The van der Waals surface area contributed by atoms with E-state index in [1.54, 1.807) is 22.7 Å². The SMILES string of the molecule is [C-]#[N+]c1ccc(-c2nn(C)c3c(OC4CCN(C(=O)OC(C)C)CC4)ncnc23)c(F)c1. The number of piperidine rings is 1. The standard InChI is InChI=1S/C22H23FN6O3/c1-13(2)31-22(30)29-9-7-15(8-10-29)32-21-20-19(25-12-26-21)18(27-28(20)4)16-6-5-14(24-3)11-17(16)23/h5-6,11-13,15H,7-10H2,1-2,4H3. The van der Waals surface area contributed by atoms with E-state index in [0.29, 0.717) is 48.5 Å². The first kappa shape index (κ1) is 21.5. The summed E-state index contributed by atoms with van der Waals surface area (Å²) < 4.78 is 27.6. The van der Waals surface area contributed by atoms with Crippen LogP contribution in [0.1, 0.15) is 26.7 Å². The minimum atomic E-state index is -0.541. The van der Waals surface area contributed by atoms with Crippen LogP contribution in [0.3, 0.4) is 0 Å². The van der Waals surface area contributed by atoms with Gasteiger partial charge in [-0.05, 0) is 19.9 Å². The Bertz CT molecular complexity index is 1190. The van der Waals surface area contributed by atoms with Crippen molar-refractivity contribution in [3.05, 3.63) is 41.8 Å². The van der Waals surface area contributed by atoms with Crippen molar-refractivity contribution in [1.82, 2.24) is 24.6 Å². The van der Waals surface area contributed by atoms with Crippen LogP contribution in [0.25, 0.3) is 27.1 Å². The van der Waals surface area contributed by atoms with Crippen molar-refractivity contribution in [2.45, 2.75) is 38.9 Å². The Labute approximate surface area is 184 Å². The molecule has 0 bridgehead atoms. The van der Waals surface area contributed by atoms with E-state index in [2.05, 4.69) is 19.9 Å². The molecule has 1 aromatic carbocycles. The highest BCUT2D eigenvalue weighted by Crippen LogP contribution is 2.33. The number of halogens is 1. The van der Waals surface area contributed by atoms with Crippen LogP contribution in [0, 0.1) is 12.4 Å². The van der Waals surface area contributed by atoms with Gasteiger partial charge in [-0.25, -0.2) is 19.0 Å². The third kappa shape index (κ3) is 4.19. The number of aromatic nitrogens is 4. The summed E-state index contributed by atoms with van der Waals surface area (Å²) in [5, 5.41) is 4.44. The van der Waals surface area contributed by atoms with Crippen molar-refractivity contribution in [2.24, 2.45) is 7.05 Å². The topological polar surface area (TPSA) is 86.7 Å². The summed E-state index contributed by atoms with van der Waals surface area (Å²) in [5.41, 5.74) is 1.84. The van der Waals surface area contributed by atoms with Gasteiger partial charge in [-0.3, -0.25) is 4.68 Å². The average Bonchev–Trinajstić information content (AvgIpc) is 3.11. The van der Waals surface area contributed by atoms with Gasteiger partial charge in [0.15, 0.2) is 5.69 Å². The highest BCUT2D eigenvalue weighted by atomic mass is 19.1. The fourth-order valence-electron chi connectivity index (χ4n) is 3.70. The van der Waals surface area contributed by atoms with Gasteiger partial charge in [0.25, 0.3) is 0 Å². The molecule has 32 heavy (non-hydrogen) atoms. The number of rotatable bonds is 4. The van der Waals surface area contributed by atoms with Crippen LogP contribution in [-0.4, -0.2) is 56.0 Å². The Hall–Kier alpha value is -3.74. The number of hydrogen-bond donors (Lipinski definition) is 0. The largest absolute Gasteiger partial charge is 0.473 e. The van der Waals surface area contributed by atoms with E-state index in [-0.39, 0.29) is 29.6 Å². The number of amides is 1. The van der Waals surface area contributed by atoms with E-state index in [9.17, 15) is 9.18 Å². The van der Waals surface area contributed by atoms with Crippen LogP contribution in [0.5, 0.6) is 5.88 Å². The number of carbonyl (C=O) groups is 1. The predicted octanol–water partition coefficient (Wildman–Crippen LogP) is 4.11. The molecule has 0 aliphatic carbocycles. The molecule has 1 aliphatic rings. The van der Waals surface area contributed by atoms with Crippen LogP contribution >= 0.6 is 0 Å². The van der Waals surface area contributed by atoms with E-state index in [4.69, 9.17) is 16.0 Å². The molecule has 4 rings (SSSR count). The smallest absolute Gasteiger partial charge is 0.410 e. The molecule has 1 amide bonds. The molecule has 1 saturated heterocycles. The van der Waals surface area contributed by atoms with Crippen LogP contribution in [0.4, 0.5) is 14.9 Å². The van der Waals surface area contributed by atoms with Crippen molar-refractivity contribution in [3.63, 3.8) is 0 Å². The van der Waals surface area contributed by atoms with Crippen LogP contribution in [0.15, 0.2) is 24.5 Å². The average molecular weight is 438 g/mol. The monoisotopic (exact) mass is 438 g/mol. The van der Waals surface area contributed by atoms with Gasteiger partial charge in [0.05, 0.1) is 12.7 Å². The van der Waals surface area contributed by atoms with Gasteiger partial charge in [0, 0.05) is 38.5 Å². The lowest BCUT2D eigenvalue weighted by atomic mass is 10.1. The van der Waals surface area contributed by atoms with Crippen molar-refractivity contribution >= 4 is 22.8 Å². The van der Waals surface area contributed by atoms with Gasteiger partial charge in [0.1, 0.15) is 35.0 Å². The van der Waals surface area contributed by atoms with Gasteiger partial charge in [-0.1, -0.05) is 12.1 Å². The Balaban J connectivity index is 1.56. The number of ether oxygens (including phenoxy) is 2. The lowest BCUT2D eigenvalue weighted by Gasteiger charge is -2.31. The number of aryl methyl sites for hydroxylation is 1. The van der Waals surface area contributed by atoms with E-state index < -0.39 is 5.82 Å². The first-order valence-corrected chi connectivity index (χ1v) is 10.3. The van der Waals surface area contributed by atoms with Crippen molar-refractivity contribution in [2.75, 3.05) is 13.1 Å². The maximum Gasteiger partial charge on any atom is 0.410 e. The second-order valence-corrected chi connectivity index (χ2v) is 7.86. The zero-order chi connectivity index (χ0) is 22.8. The molecular weight excluding hydrogens is 415 g/mol. The molecule has 0 unspecified atom stereocenters. The van der Waals surface area contributed by atoms with Crippen molar-refractivity contribution < 1.29 is 18.7 Å². The number of hydrogen-bond acceptors (Lipinski definition) is 6. The van der Waals surface area contributed by atoms with E-state index in [0.717, 1.165) is 0 Å². The molecule has 2 aromatic heterocycles. The summed E-state index contributed by atoms with van der Waals surface area (Å²) in [6, 6.07) is 4.25. The van der Waals surface area contributed by atoms with Crippen LogP contribution < -0.4 is 4.74 Å². The summed E-state index contributed by atoms with van der Waals surface area (Å²) in [5.74, 6) is -0.183. The van der Waals surface area contributed by atoms with Gasteiger partial charge >= 0.3 is 6.09 Å². The molecule has 1 fully saturated rings. The van der Waals surface area contributed by atoms with E-state index in [1.807, 2.05) is 13.8 Å². The fourth-order valence-corrected chi connectivity index (χ4v) is 3.70. The van der Waals surface area contributed by atoms with E-state index in [1.165, 1.54) is 18.5 Å². The summed E-state index contributed by atoms with van der Waals surface area (Å²) in [4.78, 5) is 25.6. The van der Waals surface area contributed by atoms with Crippen molar-refractivity contribution in [3.8, 4) is 17.1 Å². The minimum Gasteiger partial charge on any atom is -0.473 e. The second kappa shape index (κ2) is 8.78. The zero-order valence-corrected chi connectivity index (χ0v) is 18.1. The lowest BCUT2D eigenvalue weighted by molar-refractivity contribution is 0.0510. The molecule has 0 N–H and O–H groups in total. The Kier molecular flexibility index (Phi) is 5.90. The first-order chi connectivity index (χ1) is 15.4. The van der Waals surface area contributed by atoms with Crippen LogP contribution in [-0.2, 0) is 11.8 Å². The zero-order valence-electron chi connectivity index (χ0n) is 18.1. The Morgan fingerprint density at radius 3 is 2.69 bits per heavy atom. The number of likely N-dealkylation sites (tertiary alicyclic amines) is 1. The maximum atomic E-state index is 14.6. The molecule has 0 spiro atoms. The number of carbonyl (C=O) groups excluding carboxylic acids is 1. The minimum absolute atomic E-state index is 0.135. The molecule has 0 atom stereocenters. The molecule has 166 valence electrons. The van der Waals surface area contributed by atoms with Crippen LogP contribution in [0.2, 0.25) is 0 Å². The molecule has 0 saturated carbocycles.